The van der Waals surface area contributed by atoms with Crippen LogP contribution in [0.5, 0.6) is 0 Å². The van der Waals surface area contributed by atoms with E-state index in [4.69, 9.17) is 9.69 Å². The number of Topliss-reactive ketones (excluding diaryl/α,β-unsaturated/α-hetero) is 1. The molecule has 0 spiro atoms. The Labute approximate surface area is 142 Å². The Balaban J connectivity index is 1.62. The van der Waals surface area contributed by atoms with Crippen molar-refractivity contribution in [2.45, 2.75) is 45.3 Å². The second kappa shape index (κ2) is 4.56. The molecule has 0 radical (unpaired) electrons. The molecule has 0 aromatic carbocycles. The molecule has 5 unspecified atom stereocenters. The van der Waals surface area contributed by atoms with Gasteiger partial charge in [-0.05, 0) is 30.6 Å². The molecule has 0 aliphatic heterocycles. The summed E-state index contributed by atoms with van der Waals surface area (Å²) in [6.45, 7) is 5.81. The van der Waals surface area contributed by atoms with E-state index >= 15 is 0 Å². The maximum atomic E-state index is 12.8. The van der Waals surface area contributed by atoms with E-state index in [1.807, 2.05) is 32.9 Å². The van der Waals surface area contributed by atoms with Crippen LogP contribution in [-0.2, 0) is 19.2 Å². The van der Waals surface area contributed by atoms with E-state index in [9.17, 15) is 13.2 Å². The number of hydrogen-bond acceptors (Lipinski definition) is 6. The van der Waals surface area contributed by atoms with Crippen LogP contribution < -0.4 is 0 Å². The van der Waals surface area contributed by atoms with Gasteiger partial charge in [-0.2, -0.15) is 8.42 Å². The normalized spacial score (nSPS) is 44.0. The number of hydrogen-bond donors (Lipinski definition) is 1. The molecule has 3 saturated carbocycles. The summed E-state index contributed by atoms with van der Waals surface area (Å²) in [5, 5.41) is 10.7. The fourth-order valence-corrected chi connectivity index (χ4v) is 6.77. The molecule has 6 nitrogen and oxygen atoms in total. The van der Waals surface area contributed by atoms with E-state index in [0.717, 1.165) is 12.8 Å². The lowest BCUT2D eigenvalue weighted by atomic mass is 9.70. The molecule has 24 heavy (non-hydrogen) atoms. The topological polar surface area (TPSA) is 96.7 Å². The molecule has 1 N–H and O–H groups in total. The zero-order valence-corrected chi connectivity index (χ0v) is 14.9. The van der Waals surface area contributed by atoms with Crippen LogP contribution in [-0.4, -0.2) is 30.9 Å². The monoisotopic (exact) mass is 350 g/mol. The van der Waals surface area contributed by atoms with Gasteiger partial charge in [-0.1, -0.05) is 38.1 Å². The summed E-state index contributed by atoms with van der Waals surface area (Å²) < 4.78 is 30.3. The molecule has 0 amide bonds. The Morgan fingerprint density at radius 3 is 2.46 bits per heavy atom. The van der Waals surface area contributed by atoms with E-state index in [2.05, 4.69) is 5.16 Å². The zero-order chi connectivity index (χ0) is 17.5. The first-order valence-corrected chi connectivity index (χ1v) is 9.88. The first-order valence-electron chi connectivity index (χ1n) is 8.41. The van der Waals surface area contributed by atoms with E-state index in [0.29, 0.717) is 17.8 Å². The largest absolute Gasteiger partial charge is 0.338 e. The number of carbonyl (C=O) groups is 1. The van der Waals surface area contributed by atoms with Crippen LogP contribution >= 0.6 is 0 Å². The second-order valence-corrected chi connectivity index (χ2v) is 9.92. The molecule has 4 rings (SSSR count). The van der Waals surface area contributed by atoms with Gasteiger partial charge >= 0.3 is 10.1 Å². The van der Waals surface area contributed by atoms with E-state index < -0.39 is 20.8 Å². The quantitative estimate of drug-likeness (QED) is 0.624. The van der Waals surface area contributed by atoms with Crippen molar-refractivity contribution < 1.29 is 17.5 Å². The SMILES string of the molecule is CC12CCC(C(S(=O)(=O)O/N=C3\C(=N)C4C=CC3C4)C1=O)C2(C)C. The molecule has 4 bridgehead atoms. The Bertz CT molecular complexity index is 810. The summed E-state index contributed by atoms with van der Waals surface area (Å²) >= 11 is 0. The highest BCUT2D eigenvalue weighted by atomic mass is 32.2. The van der Waals surface area contributed by atoms with E-state index in [1.54, 1.807) is 0 Å². The van der Waals surface area contributed by atoms with Gasteiger partial charge < -0.3 is 5.41 Å². The molecule has 0 heterocycles. The van der Waals surface area contributed by atoms with Crippen molar-refractivity contribution in [1.29, 1.82) is 5.41 Å². The first kappa shape index (κ1) is 16.0. The van der Waals surface area contributed by atoms with Gasteiger partial charge in [0.2, 0.25) is 0 Å². The van der Waals surface area contributed by atoms with Gasteiger partial charge in [0, 0.05) is 17.3 Å². The summed E-state index contributed by atoms with van der Waals surface area (Å²) in [5.74, 6) is -0.504. The number of nitrogens with one attached hydrogen (secondary N) is 1. The molecule has 0 saturated heterocycles. The minimum absolute atomic E-state index is 0.0158. The summed E-state index contributed by atoms with van der Waals surface area (Å²) in [7, 11) is -4.13. The van der Waals surface area contributed by atoms with Crippen molar-refractivity contribution in [3.8, 4) is 0 Å². The van der Waals surface area contributed by atoms with Crippen LogP contribution in [0.1, 0.15) is 40.0 Å². The molecular weight excluding hydrogens is 328 g/mol. The Hall–Kier alpha value is -1.50. The van der Waals surface area contributed by atoms with E-state index in [1.165, 1.54) is 0 Å². The molecule has 0 aromatic rings. The fraction of sp³-hybridized carbons (Fsp3) is 0.706. The molecule has 4 aliphatic rings. The minimum atomic E-state index is -4.13. The third-order valence-electron chi connectivity index (χ3n) is 7.10. The predicted octanol–water partition coefficient (Wildman–Crippen LogP) is 2.31. The van der Waals surface area contributed by atoms with Crippen LogP contribution in [0.15, 0.2) is 17.3 Å². The van der Waals surface area contributed by atoms with Crippen LogP contribution in [0.2, 0.25) is 0 Å². The lowest BCUT2D eigenvalue weighted by molar-refractivity contribution is -0.128. The second-order valence-electron chi connectivity index (χ2n) is 8.27. The highest BCUT2D eigenvalue weighted by Gasteiger charge is 2.70. The standard InChI is InChI=1S/C17H22N2O4S/c1-16(2)11-6-7-17(16,3)15(20)14(11)24(21,22)23-19-13-10-5-4-9(8-10)12(13)18/h4-5,9-11,14,18H,6-8H2,1-3H3/b18-12?,19-13-. The molecule has 3 fully saturated rings. The maximum absolute atomic E-state index is 12.8. The van der Waals surface area contributed by atoms with Crippen molar-refractivity contribution in [2.24, 2.45) is 33.7 Å². The zero-order valence-electron chi connectivity index (χ0n) is 14.1. The van der Waals surface area contributed by atoms with Crippen molar-refractivity contribution in [2.75, 3.05) is 0 Å². The highest BCUT2D eigenvalue weighted by Crippen LogP contribution is 2.65. The number of carbonyl (C=O) groups excluding carboxylic acids is 1. The molecule has 130 valence electrons. The third kappa shape index (κ3) is 1.76. The highest BCUT2D eigenvalue weighted by molar-refractivity contribution is 7.88. The van der Waals surface area contributed by atoms with Gasteiger partial charge in [-0.25, -0.2) is 0 Å². The van der Waals surface area contributed by atoms with E-state index in [-0.39, 0.29) is 29.0 Å². The predicted molar refractivity (Wildman–Crippen MR) is 89.3 cm³/mol. The maximum Gasteiger partial charge on any atom is 0.338 e. The molecule has 5 atom stereocenters. The average Bonchev–Trinajstić information content (AvgIpc) is 3.17. The summed E-state index contributed by atoms with van der Waals surface area (Å²) in [4.78, 5) is 12.8. The Kier molecular flexibility index (Phi) is 3.04. The Morgan fingerprint density at radius 2 is 1.92 bits per heavy atom. The van der Waals surface area contributed by atoms with Gasteiger partial charge in [-0.15, -0.1) is 0 Å². The average molecular weight is 350 g/mol. The van der Waals surface area contributed by atoms with Crippen molar-refractivity contribution in [1.82, 2.24) is 0 Å². The molecule has 4 aliphatic carbocycles. The number of rotatable bonds is 3. The van der Waals surface area contributed by atoms with Crippen LogP contribution in [0.25, 0.3) is 0 Å². The minimum Gasteiger partial charge on any atom is -0.303 e. The summed E-state index contributed by atoms with van der Waals surface area (Å²) in [6, 6.07) is 0. The lowest BCUT2D eigenvalue weighted by Crippen LogP contribution is -2.39. The Morgan fingerprint density at radius 1 is 1.25 bits per heavy atom. The molecular formula is C17H22N2O4S. The molecule has 0 aromatic heterocycles. The van der Waals surface area contributed by atoms with Gasteiger partial charge in [0.25, 0.3) is 0 Å². The van der Waals surface area contributed by atoms with Crippen molar-refractivity contribution >= 4 is 27.3 Å². The van der Waals surface area contributed by atoms with Gasteiger partial charge in [-0.3, -0.25) is 9.08 Å². The van der Waals surface area contributed by atoms with Crippen LogP contribution in [0.4, 0.5) is 0 Å². The summed E-state index contributed by atoms with van der Waals surface area (Å²) in [5.41, 5.74) is -0.273. The lowest BCUT2D eigenvalue weighted by Gasteiger charge is -2.32. The van der Waals surface area contributed by atoms with Crippen molar-refractivity contribution in [3.63, 3.8) is 0 Å². The van der Waals surface area contributed by atoms with Crippen molar-refractivity contribution in [3.05, 3.63) is 12.2 Å². The fourth-order valence-electron chi connectivity index (χ4n) is 5.10. The third-order valence-corrected chi connectivity index (χ3v) is 8.55. The van der Waals surface area contributed by atoms with Gasteiger partial charge in [0.05, 0.1) is 5.71 Å². The number of allylic oxidation sites excluding steroid dienone is 2. The van der Waals surface area contributed by atoms with Crippen LogP contribution in [0, 0.1) is 34.0 Å². The van der Waals surface area contributed by atoms with Gasteiger partial charge in [0.15, 0.2) is 11.0 Å². The first-order chi connectivity index (χ1) is 11.1. The number of oxime groups is 1. The smallest absolute Gasteiger partial charge is 0.303 e. The van der Waals surface area contributed by atoms with Crippen LogP contribution in [0.3, 0.4) is 0 Å². The number of fused-ring (bicyclic) bond motifs is 4. The summed E-state index contributed by atoms with van der Waals surface area (Å²) in [6.07, 6.45) is 6.08. The molecule has 7 heteroatoms. The number of nitrogens with zero attached hydrogens (tertiary/aromatic N) is 1. The number of ketones is 1. The van der Waals surface area contributed by atoms with Gasteiger partial charge in [0.1, 0.15) is 5.71 Å².